The minimum absolute atomic E-state index is 0.00645. The molecular formula is C16H26N2O2. The van der Waals surface area contributed by atoms with Crippen LogP contribution in [0.2, 0.25) is 0 Å². The van der Waals surface area contributed by atoms with Gasteiger partial charge in [0.15, 0.2) is 0 Å². The molecule has 0 fully saturated rings. The first kappa shape index (κ1) is 16.7. The molecule has 0 aliphatic rings. The zero-order valence-corrected chi connectivity index (χ0v) is 12.5. The Kier molecular flexibility index (Phi) is 7.26. The van der Waals surface area contributed by atoms with E-state index in [9.17, 15) is 9.90 Å². The second-order valence-electron chi connectivity index (χ2n) is 4.93. The summed E-state index contributed by atoms with van der Waals surface area (Å²) in [7, 11) is 0. The molecule has 0 unspecified atom stereocenters. The molecule has 0 saturated heterocycles. The lowest BCUT2D eigenvalue weighted by molar-refractivity contribution is 0.0622. The van der Waals surface area contributed by atoms with Gasteiger partial charge in [-0.1, -0.05) is 26.0 Å². The summed E-state index contributed by atoms with van der Waals surface area (Å²) in [6, 6.07) is 7.77. The third-order valence-electron chi connectivity index (χ3n) is 3.62. The number of hydrogen-bond donors (Lipinski definition) is 2. The van der Waals surface area contributed by atoms with Gasteiger partial charge in [0, 0.05) is 18.2 Å². The molecule has 1 aromatic rings. The summed E-state index contributed by atoms with van der Waals surface area (Å²) in [5.74, 6) is -0.00736. The highest BCUT2D eigenvalue weighted by Gasteiger charge is 2.21. The largest absolute Gasteiger partial charge is 0.395 e. The van der Waals surface area contributed by atoms with Crippen LogP contribution in [0.5, 0.6) is 0 Å². The smallest absolute Gasteiger partial charge is 0.254 e. The topological polar surface area (TPSA) is 66.6 Å². The number of benzene rings is 1. The van der Waals surface area contributed by atoms with Crippen LogP contribution in [0.3, 0.4) is 0 Å². The summed E-state index contributed by atoms with van der Waals surface area (Å²) in [6.45, 7) is 5.12. The van der Waals surface area contributed by atoms with E-state index in [1.807, 2.05) is 24.3 Å². The summed E-state index contributed by atoms with van der Waals surface area (Å²) in [5.41, 5.74) is 7.33. The van der Waals surface area contributed by atoms with Crippen molar-refractivity contribution < 1.29 is 9.90 Å². The molecule has 112 valence electrons. The second kappa shape index (κ2) is 8.72. The van der Waals surface area contributed by atoms with Crippen molar-refractivity contribution in [3.05, 3.63) is 35.4 Å². The first-order chi connectivity index (χ1) is 9.67. The van der Waals surface area contributed by atoms with Gasteiger partial charge in [-0.2, -0.15) is 0 Å². The van der Waals surface area contributed by atoms with Gasteiger partial charge in [0.2, 0.25) is 0 Å². The van der Waals surface area contributed by atoms with Gasteiger partial charge in [-0.3, -0.25) is 4.79 Å². The van der Waals surface area contributed by atoms with Crippen LogP contribution in [0.4, 0.5) is 0 Å². The van der Waals surface area contributed by atoms with Crippen LogP contribution in [0.1, 0.15) is 42.6 Å². The Hall–Kier alpha value is -1.39. The fourth-order valence-corrected chi connectivity index (χ4v) is 2.43. The van der Waals surface area contributed by atoms with Gasteiger partial charge < -0.3 is 15.7 Å². The third-order valence-corrected chi connectivity index (χ3v) is 3.62. The quantitative estimate of drug-likeness (QED) is 0.762. The Morgan fingerprint density at radius 1 is 1.25 bits per heavy atom. The maximum Gasteiger partial charge on any atom is 0.254 e. The second-order valence-corrected chi connectivity index (χ2v) is 4.93. The van der Waals surface area contributed by atoms with Crippen LogP contribution in [-0.2, 0) is 6.42 Å². The summed E-state index contributed by atoms with van der Waals surface area (Å²) >= 11 is 0. The Morgan fingerprint density at radius 3 is 2.30 bits per heavy atom. The number of aliphatic hydroxyl groups is 1. The Bertz CT molecular complexity index is 399. The fraction of sp³-hybridized carbons (Fsp3) is 0.562. The third kappa shape index (κ3) is 4.32. The number of nitrogens with zero attached hydrogens (tertiary/aromatic N) is 1. The fourth-order valence-electron chi connectivity index (χ4n) is 2.43. The molecule has 4 nitrogen and oxygen atoms in total. The molecule has 20 heavy (non-hydrogen) atoms. The number of carbonyl (C=O) groups is 1. The molecule has 0 aromatic heterocycles. The molecule has 0 bridgehead atoms. The van der Waals surface area contributed by atoms with Gasteiger partial charge in [0.05, 0.1) is 6.61 Å². The molecule has 3 N–H and O–H groups in total. The van der Waals surface area contributed by atoms with Crippen LogP contribution in [0.25, 0.3) is 0 Å². The minimum Gasteiger partial charge on any atom is -0.395 e. The highest BCUT2D eigenvalue weighted by molar-refractivity contribution is 5.94. The molecule has 0 heterocycles. The van der Waals surface area contributed by atoms with Crippen molar-refractivity contribution in [3.8, 4) is 0 Å². The number of hydrogen-bond acceptors (Lipinski definition) is 3. The van der Waals surface area contributed by atoms with Gasteiger partial charge in [-0.15, -0.1) is 0 Å². The van der Waals surface area contributed by atoms with E-state index in [0.717, 1.165) is 24.8 Å². The standard InChI is InChI=1S/C16H26N2O2/c1-3-15(4-2)18(11-12-19)16(20)14-7-5-13(6-8-14)9-10-17/h5-8,15,19H,3-4,9-12,17H2,1-2H3. The first-order valence-corrected chi connectivity index (χ1v) is 7.38. The van der Waals surface area contributed by atoms with Crippen LogP contribution in [-0.4, -0.2) is 41.7 Å². The van der Waals surface area contributed by atoms with E-state index < -0.39 is 0 Å². The lowest BCUT2D eigenvalue weighted by atomic mass is 10.1. The van der Waals surface area contributed by atoms with Crippen molar-refractivity contribution in [3.63, 3.8) is 0 Å². The van der Waals surface area contributed by atoms with E-state index in [1.54, 1.807) is 4.90 Å². The summed E-state index contributed by atoms with van der Waals surface area (Å²) in [5, 5.41) is 9.18. The maximum absolute atomic E-state index is 12.6. The summed E-state index contributed by atoms with van der Waals surface area (Å²) < 4.78 is 0. The highest BCUT2D eigenvalue weighted by atomic mass is 16.3. The molecule has 0 spiro atoms. The molecule has 4 heteroatoms. The molecule has 1 rings (SSSR count). The van der Waals surface area contributed by atoms with Gasteiger partial charge in [-0.05, 0) is 43.5 Å². The zero-order chi connectivity index (χ0) is 15.0. The van der Waals surface area contributed by atoms with Crippen molar-refractivity contribution in [2.24, 2.45) is 5.73 Å². The van der Waals surface area contributed by atoms with E-state index >= 15 is 0 Å². The van der Waals surface area contributed by atoms with E-state index in [0.29, 0.717) is 18.7 Å². The Balaban J connectivity index is 2.87. The van der Waals surface area contributed by atoms with Gasteiger partial charge in [0.25, 0.3) is 5.91 Å². The molecule has 0 aliphatic carbocycles. The van der Waals surface area contributed by atoms with E-state index in [1.165, 1.54) is 0 Å². The normalized spacial score (nSPS) is 10.8. The van der Waals surface area contributed by atoms with Crippen LogP contribution in [0.15, 0.2) is 24.3 Å². The van der Waals surface area contributed by atoms with Gasteiger partial charge in [0.1, 0.15) is 0 Å². The maximum atomic E-state index is 12.6. The van der Waals surface area contributed by atoms with Crippen molar-refractivity contribution in [2.75, 3.05) is 19.7 Å². The van der Waals surface area contributed by atoms with Crippen LogP contribution in [0, 0.1) is 0 Å². The highest BCUT2D eigenvalue weighted by Crippen LogP contribution is 2.14. The average molecular weight is 278 g/mol. The molecule has 0 radical (unpaired) electrons. The molecule has 0 aliphatic heterocycles. The van der Waals surface area contributed by atoms with Crippen molar-refractivity contribution in [1.29, 1.82) is 0 Å². The van der Waals surface area contributed by atoms with Crippen LogP contribution >= 0.6 is 0 Å². The molecular weight excluding hydrogens is 252 g/mol. The van der Waals surface area contributed by atoms with Crippen molar-refractivity contribution in [2.45, 2.75) is 39.2 Å². The molecule has 0 saturated carbocycles. The van der Waals surface area contributed by atoms with Gasteiger partial charge in [-0.25, -0.2) is 0 Å². The Labute approximate surface area is 121 Å². The SMILES string of the molecule is CCC(CC)N(CCO)C(=O)c1ccc(CCN)cc1. The lowest BCUT2D eigenvalue weighted by Crippen LogP contribution is -2.41. The van der Waals surface area contributed by atoms with Crippen LogP contribution < -0.4 is 5.73 Å². The first-order valence-electron chi connectivity index (χ1n) is 7.38. The monoisotopic (exact) mass is 278 g/mol. The zero-order valence-electron chi connectivity index (χ0n) is 12.5. The number of rotatable bonds is 8. The average Bonchev–Trinajstić information content (AvgIpc) is 2.48. The number of amides is 1. The lowest BCUT2D eigenvalue weighted by Gasteiger charge is -2.30. The van der Waals surface area contributed by atoms with Crippen molar-refractivity contribution in [1.82, 2.24) is 4.90 Å². The predicted octanol–water partition coefficient (Wildman–Crippen LogP) is 1.81. The van der Waals surface area contributed by atoms with E-state index in [-0.39, 0.29) is 18.6 Å². The molecule has 1 aromatic carbocycles. The molecule has 0 atom stereocenters. The summed E-state index contributed by atoms with van der Waals surface area (Å²) in [6.07, 6.45) is 2.61. The summed E-state index contributed by atoms with van der Waals surface area (Å²) in [4.78, 5) is 14.3. The predicted molar refractivity (Wildman–Crippen MR) is 81.7 cm³/mol. The van der Waals surface area contributed by atoms with Crippen molar-refractivity contribution >= 4 is 5.91 Å². The minimum atomic E-state index is -0.00736. The van der Waals surface area contributed by atoms with E-state index in [4.69, 9.17) is 5.73 Å². The number of aliphatic hydroxyl groups excluding tert-OH is 1. The Morgan fingerprint density at radius 2 is 1.85 bits per heavy atom. The molecule has 1 amide bonds. The number of carbonyl (C=O) groups excluding carboxylic acids is 1. The van der Waals surface area contributed by atoms with E-state index in [2.05, 4.69) is 13.8 Å². The number of nitrogens with two attached hydrogens (primary N) is 1. The van der Waals surface area contributed by atoms with Gasteiger partial charge >= 0.3 is 0 Å².